The highest BCUT2D eigenvalue weighted by molar-refractivity contribution is 6.03. The first-order valence-corrected chi connectivity index (χ1v) is 8.97. The third kappa shape index (κ3) is 5.52. The normalized spacial score (nSPS) is 10.2. The zero-order valence-electron chi connectivity index (χ0n) is 16.4. The zero-order valence-corrected chi connectivity index (χ0v) is 16.4. The minimum atomic E-state index is -0.325. The Morgan fingerprint density at radius 2 is 1.41 bits per heavy atom. The van der Waals surface area contributed by atoms with Gasteiger partial charge in [-0.3, -0.25) is 9.59 Å². The number of nitrogens with one attached hydrogen (secondary N) is 3. The number of aromatic nitrogens is 2. The van der Waals surface area contributed by atoms with Crippen LogP contribution in [0.25, 0.3) is 0 Å². The molecule has 3 aromatic rings. The van der Waals surface area contributed by atoms with Gasteiger partial charge in [0.05, 0.1) is 0 Å². The van der Waals surface area contributed by atoms with Gasteiger partial charge in [0, 0.05) is 50.0 Å². The van der Waals surface area contributed by atoms with E-state index in [2.05, 4.69) is 25.9 Å². The maximum Gasteiger partial charge on any atom is 0.274 e. The lowest BCUT2D eigenvalue weighted by Gasteiger charge is -2.13. The fourth-order valence-corrected chi connectivity index (χ4v) is 2.55. The van der Waals surface area contributed by atoms with Crippen LogP contribution in [0.4, 0.5) is 28.7 Å². The van der Waals surface area contributed by atoms with Gasteiger partial charge < -0.3 is 20.9 Å². The molecular weight excluding hydrogens is 368 g/mol. The van der Waals surface area contributed by atoms with Crippen LogP contribution >= 0.6 is 0 Å². The molecule has 2 amide bonds. The molecule has 29 heavy (non-hydrogen) atoms. The molecule has 3 N–H and O–H groups in total. The lowest BCUT2D eigenvalue weighted by molar-refractivity contribution is -0.114. The maximum absolute atomic E-state index is 12.5. The van der Waals surface area contributed by atoms with Crippen molar-refractivity contribution in [1.82, 2.24) is 9.97 Å². The molecule has 8 heteroatoms. The molecule has 0 atom stereocenters. The molecule has 0 aliphatic rings. The number of hydrogen-bond acceptors (Lipinski definition) is 6. The van der Waals surface area contributed by atoms with Crippen molar-refractivity contribution >= 4 is 40.5 Å². The molecule has 3 rings (SSSR count). The van der Waals surface area contributed by atoms with Crippen molar-refractivity contribution in [2.45, 2.75) is 6.92 Å². The summed E-state index contributed by atoms with van der Waals surface area (Å²) in [5.41, 5.74) is 3.39. The fourth-order valence-electron chi connectivity index (χ4n) is 2.55. The highest BCUT2D eigenvalue weighted by Crippen LogP contribution is 2.18. The number of hydrogen-bond donors (Lipinski definition) is 3. The van der Waals surface area contributed by atoms with Gasteiger partial charge in [-0.25, -0.2) is 9.97 Å². The predicted molar refractivity (Wildman–Crippen MR) is 115 cm³/mol. The number of benzene rings is 2. The van der Waals surface area contributed by atoms with E-state index in [-0.39, 0.29) is 17.5 Å². The van der Waals surface area contributed by atoms with Gasteiger partial charge in [0.25, 0.3) is 5.91 Å². The standard InChI is InChI=1S/C21H22N6O2/c1-14(28)23-15-4-6-17(7-5-15)25-21-22-13-12-19(26-21)20(29)24-16-8-10-18(11-9-16)27(2)3/h4-13H,1-3H3,(H,23,28)(H,24,29)(H,22,25,26). The second kappa shape index (κ2) is 8.83. The van der Waals surface area contributed by atoms with E-state index in [0.717, 1.165) is 11.4 Å². The van der Waals surface area contributed by atoms with E-state index in [0.29, 0.717) is 17.3 Å². The van der Waals surface area contributed by atoms with E-state index < -0.39 is 0 Å². The van der Waals surface area contributed by atoms with Crippen molar-refractivity contribution in [3.63, 3.8) is 0 Å². The molecule has 8 nitrogen and oxygen atoms in total. The van der Waals surface area contributed by atoms with Crippen LogP contribution in [0.5, 0.6) is 0 Å². The second-order valence-electron chi connectivity index (χ2n) is 6.54. The van der Waals surface area contributed by atoms with Crippen LogP contribution in [0.2, 0.25) is 0 Å². The van der Waals surface area contributed by atoms with E-state index in [9.17, 15) is 9.59 Å². The molecule has 0 bridgehead atoms. The van der Waals surface area contributed by atoms with Gasteiger partial charge in [0.1, 0.15) is 5.69 Å². The maximum atomic E-state index is 12.5. The SMILES string of the molecule is CC(=O)Nc1ccc(Nc2nccc(C(=O)Nc3ccc(N(C)C)cc3)n2)cc1. The first kappa shape index (κ1) is 19.8. The number of amides is 2. The molecule has 0 aliphatic heterocycles. The van der Waals surface area contributed by atoms with Gasteiger partial charge in [-0.1, -0.05) is 0 Å². The summed E-state index contributed by atoms with van der Waals surface area (Å²) in [6.45, 7) is 1.45. The van der Waals surface area contributed by atoms with E-state index >= 15 is 0 Å². The highest BCUT2D eigenvalue weighted by atomic mass is 16.2. The molecule has 0 saturated heterocycles. The fraction of sp³-hybridized carbons (Fsp3) is 0.143. The Kier molecular flexibility index (Phi) is 6.03. The van der Waals surface area contributed by atoms with Gasteiger partial charge in [0.2, 0.25) is 11.9 Å². The molecule has 0 spiro atoms. The summed E-state index contributed by atoms with van der Waals surface area (Å²) in [6, 6.07) is 16.2. The summed E-state index contributed by atoms with van der Waals surface area (Å²) in [5.74, 6) is -0.161. The summed E-state index contributed by atoms with van der Waals surface area (Å²) in [6.07, 6.45) is 1.52. The minimum absolute atomic E-state index is 0.135. The number of anilines is 5. The Balaban J connectivity index is 1.66. The van der Waals surface area contributed by atoms with Gasteiger partial charge in [-0.15, -0.1) is 0 Å². The largest absolute Gasteiger partial charge is 0.378 e. The van der Waals surface area contributed by atoms with Gasteiger partial charge in [0.15, 0.2) is 0 Å². The average Bonchev–Trinajstić information content (AvgIpc) is 2.70. The van der Waals surface area contributed by atoms with Gasteiger partial charge >= 0.3 is 0 Å². The first-order chi connectivity index (χ1) is 13.9. The Hall–Kier alpha value is -3.94. The molecule has 0 fully saturated rings. The molecular formula is C21H22N6O2. The lowest BCUT2D eigenvalue weighted by Crippen LogP contribution is -2.15. The van der Waals surface area contributed by atoms with Gasteiger partial charge in [-0.2, -0.15) is 0 Å². The van der Waals surface area contributed by atoms with E-state index in [1.165, 1.54) is 13.1 Å². The van der Waals surface area contributed by atoms with Crippen LogP contribution in [-0.4, -0.2) is 35.9 Å². The molecule has 0 aliphatic carbocycles. The van der Waals surface area contributed by atoms with Crippen LogP contribution in [0.15, 0.2) is 60.8 Å². The second-order valence-corrected chi connectivity index (χ2v) is 6.54. The van der Waals surface area contributed by atoms with Crippen LogP contribution in [-0.2, 0) is 4.79 Å². The van der Waals surface area contributed by atoms with Crippen LogP contribution < -0.4 is 20.9 Å². The zero-order chi connectivity index (χ0) is 20.8. The van der Waals surface area contributed by atoms with Crippen molar-refractivity contribution < 1.29 is 9.59 Å². The minimum Gasteiger partial charge on any atom is -0.378 e. The summed E-state index contributed by atoms with van der Waals surface area (Å²) in [4.78, 5) is 34.0. The third-order valence-electron chi connectivity index (χ3n) is 3.99. The van der Waals surface area contributed by atoms with Crippen molar-refractivity contribution in [3.05, 3.63) is 66.5 Å². The first-order valence-electron chi connectivity index (χ1n) is 8.97. The van der Waals surface area contributed by atoms with Crippen molar-refractivity contribution in [2.24, 2.45) is 0 Å². The van der Waals surface area contributed by atoms with Gasteiger partial charge in [-0.05, 0) is 54.6 Å². The van der Waals surface area contributed by atoms with Crippen LogP contribution in [0, 0.1) is 0 Å². The molecule has 148 valence electrons. The van der Waals surface area contributed by atoms with E-state index in [1.807, 2.05) is 43.3 Å². The molecule has 0 unspecified atom stereocenters. The molecule has 2 aromatic carbocycles. The predicted octanol–water partition coefficient (Wildman–Crippen LogP) is 3.50. The Morgan fingerprint density at radius 1 is 0.828 bits per heavy atom. The number of carbonyl (C=O) groups is 2. The molecule has 0 saturated carbocycles. The Morgan fingerprint density at radius 3 is 2.03 bits per heavy atom. The monoisotopic (exact) mass is 390 g/mol. The lowest BCUT2D eigenvalue weighted by atomic mass is 10.2. The summed E-state index contributed by atoms with van der Waals surface area (Å²) >= 11 is 0. The topological polar surface area (TPSA) is 99.2 Å². The van der Waals surface area contributed by atoms with E-state index in [4.69, 9.17) is 0 Å². The Labute approximate surface area is 169 Å². The number of rotatable bonds is 6. The van der Waals surface area contributed by atoms with Crippen molar-refractivity contribution in [3.8, 4) is 0 Å². The molecule has 0 radical (unpaired) electrons. The third-order valence-corrected chi connectivity index (χ3v) is 3.99. The number of nitrogens with zero attached hydrogens (tertiary/aromatic N) is 3. The summed E-state index contributed by atoms with van der Waals surface area (Å²) in [5, 5.41) is 8.57. The van der Waals surface area contributed by atoms with Crippen LogP contribution in [0.1, 0.15) is 17.4 Å². The highest BCUT2D eigenvalue weighted by Gasteiger charge is 2.10. The smallest absolute Gasteiger partial charge is 0.274 e. The van der Waals surface area contributed by atoms with E-state index in [1.54, 1.807) is 30.3 Å². The van der Waals surface area contributed by atoms with Crippen molar-refractivity contribution in [1.29, 1.82) is 0 Å². The Bertz CT molecular complexity index is 1000. The summed E-state index contributed by atoms with van der Waals surface area (Å²) < 4.78 is 0. The van der Waals surface area contributed by atoms with Crippen molar-refractivity contribution in [2.75, 3.05) is 34.9 Å². The average molecular weight is 390 g/mol. The molecule has 1 aromatic heterocycles. The van der Waals surface area contributed by atoms with Crippen LogP contribution in [0.3, 0.4) is 0 Å². The quantitative estimate of drug-likeness (QED) is 0.596. The number of carbonyl (C=O) groups excluding carboxylic acids is 2. The summed E-state index contributed by atoms with van der Waals surface area (Å²) in [7, 11) is 3.91. The molecule has 1 heterocycles.